The molecule has 0 saturated heterocycles. The van der Waals surface area contributed by atoms with Gasteiger partial charge in [-0.25, -0.2) is 4.39 Å². The van der Waals surface area contributed by atoms with Crippen molar-refractivity contribution in [3.8, 4) is 0 Å². The Labute approximate surface area is 142 Å². The SMILES string of the molecule is CN(C)c1c(Cl)cccc1NC(=O)c1cc(F)c(Cl)cc1Cl. The van der Waals surface area contributed by atoms with Crippen molar-refractivity contribution in [1.29, 1.82) is 0 Å². The Hall–Kier alpha value is -1.49. The minimum Gasteiger partial charge on any atom is -0.375 e. The number of para-hydroxylation sites is 1. The van der Waals surface area contributed by atoms with Gasteiger partial charge in [0.15, 0.2) is 0 Å². The molecular weight excluding hydrogens is 350 g/mol. The molecule has 0 fully saturated rings. The summed E-state index contributed by atoms with van der Waals surface area (Å²) in [6.45, 7) is 0. The summed E-state index contributed by atoms with van der Waals surface area (Å²) in [5, 5.41) is 3.09. The van der Waals surface area contributed by atoms with Gasteiger partial charge in [-0.3, -0.25) is 4.79 Å². The fraction of sp³-hybridized carbons (Fsp3) is 0.133. The predicted molar refractivity (Wildman–Crippen MR) is 90.2 cm³/mol. The molecule has 0 aliphatic rings. The fourth-order valence-electron chi connectivity index (χ4n) is 1.96. The topological polar surface area (TPSA) is 32.3 Å². The van der Waals surface area contributed by atoms with E-state index in [1.54, 1.807) is 37.2 Å². The van der Waals surface area contributed by atoms with Crippen LogP contribution in [0.5, 0.6) is 0 Å². The van der Waals surface area contributed by atoms with Crippen LogP contribution in [0, 0.1) is 5.82 Å². The zero-order valence-electron chi connectivity index (χ0n) is 11.8. The summed E-state index contributed by atoms with van der Waals surface area (Å²) in [5.74, 6) is -1.26. The molecule has 0 aliphatic heterocycles. The Balaban J connectivity index is 2.38. The van der Waals surface area contributed by atoms with Gasteiger partial charge >= 0.3 is 0 Å². The summed E-state index contributed by atoms with van der Waals surface area (Å²) in [6, 6.07) is 7.30. The number of nitrogens with one attached hydrogen (secondary N) is 1. The van der Waals surface area contributed by atoms with Crippen molar-refractivity contribution >= 4 is 52.1 Å². The van der Waals surface area contributed by atoms with E-state index < -0.39 is 11.7 Å². The minimum absolute atomic E-state index is 0.00625. The molecule has 0 spiro atoms. The zero-order valence-corrected chi connectivity index (χ0v) is 14.0. The van der Waals surface area contributed by atoms with Gasteiger partial charge in [0.2, 0.25) is 0 Å². The van der Waals surface area contributed by atoms with Crippen LogP contribution < -0.4 is 10.2 Å². The van der Waals surface area contributed by atoms with E-state index >= 15 is 0 Å². The molecule has 0 aliphatic carbocycles. The van der Waals surface area contributed by atoms with Crippen LogP contribution in [0.3, 0.4) is 0 Å². The highest BCUT2D eigenvalue weighted by molar-refractivity contribution is 6.37. The van der Waals surface area contributed by atoms with Crippen LogP contribution in [0.25, 0.3) is 0 Å². The molecule has 0 heterocycles. The number of hydrogen-bond donors (Lipinski definition) is 1. The minimum atomic E-state index is -0.713. The second-order valence-corrected chi connectivity index (χ2v) is 5.95. The Bertz CT molecular complexity index is 735. The monoisotopic (exact) mass is 360 g/mol. The van der Waals surface area contributed by atoms with Gasteiger partial charge in [0.05, 0.1) is 32.0 Å². The smallest absolute Gasteiger partial charge is 0.257 e. The first-order valence-corrected chi connectivity index (χ1v) is 7.36. The molecule has 0 unspecified atom stereocenters. The van der Waals surface area contributed by atoms with Crippen LogP contribution in [0.15, 0.2) is 30.3 Å². The second kappa shape index (κ2) is 6.73. The lowest BCUT2D eigenvalue weighted by Gasteiger charge is -2.19. The number of benzene rings is 2. The van der Waals surface area contributed by atoms with Crippen molar-refractivity contribution in [2.24, 2.45) is 0 Å². The Morgan fingerprint density at radius 1 is 1.09 bits per heavy atom. The lowest BCUT2D eigenvalue weighted by atomic mass is 10.2. The van der Waals surface area contributed by atoms with Crippen molar-refractivity contribution in [2.45, 2.75) is 0 Å². The molecule has 0 saturated carbocycles. The van der Waals surface area contributed by atoms with E-state index in [1.165, 1.54) is 6.07 Å². The van der Waals surface area contributed by atoms with Gasteiger partial charge in [-0.2, -0.15) is 0 Å². The third kappa shape index (κ3) is 3.46. The van der Waals surface area contributed by atoms with Gasteiger partial charge in [0, 0.05) is 14.1 Å². The number of anilines is 2. The third-order valence-electron chi connectivity index (χ3n) is 2.94. The Morgan fingerprint density at radius 2 is 1.77 bits per heavy atom. The maximum atomic E-state index is 13.5. The molecule has 2 aromatic rings. The molecule has 0 bridgehead atoms. The van der Waals surface area contributed by atoms with Gasteiger partial charge in [0.1, 0.15) is 5.82 Å². The van der Waals surface area contributed by atoms with E-state index in [-0.39, 0.29) is 15.6 Å². The van der Waals surface area contributed by atoms with Crippen LogP contribution in [0.2, 0.25) is 15.1 Å². The molecule has 0 aromatic heterocycles. The van der Waals surface area contributed by atoms with Crippen molar-refractivity contribution in [1.82, 2.24) is 0 Å². The zero-order chi connectivity index (χ0) is 16.4. The molecule has 7 heteroatoms. The highest BCUT2D eigenvalue weighted by Crippen LogP contribution is 2.33. The maximum absolute atomic E-state index is 13.5. The van der Waals surface area contributed by atoms with Crippen molar-refractivity contribution in [2.75, 3.05) is 24.3 Å². The molecule has 3 nitrogen and oxygen atoms in total. The Kier molecular flexibility index (Phi) is 5.16. The number of halogens is 4. The highest BCUT2D eigenvalue weighted by atomic mass is 35.5. The fourth-order valence-corrected chi connectivity index (χ4v) is 2.77. The third-order valence-corrected chi connectivity index (χ3v) is 3.84. The first-order chi connectivity index (χ1) is 10.3. The lowest BCUT2D eigenvalue weighted by molar-refractivity contribution is 0.102. The number of carbonyl (C=O) groups excluding carboxylic acids is 1. The van der Waals surface area contributed by atoms with Crippen LogP contribution >= 0.6 is 34.8 Å². The summed E-state index contributed by atoms with van der Waals surface area (Å²) in [6.07, 6.45) is 0. The summed E-state index contributed by atoms with van der Waals surface area (Å²) >= 11 is 17.7. The Morgan fingerprint density at radius 3 is 2.41 bits per heavy atom. The number of hydrogen-bond acceptors (Lipinski definition) is 2. The highest BCUT2D eigenvalue weighted by Gasteiger charge is 2.17. The number of nitrogens with zero attached hydrogens (tertiary/aromatic N) is 1. The number of rotatable bonds is 3. The lowest BCUT2D eigenvalue weighted by Crippen LogP contribution is -2.17. The molecule has 0 radical (unpaired) electrons. The van der Waals surface area contributed by atoms with Gasteiger partial charge in [0.25, 0.3) is 5.91 Å². The van der Waals surface area contributed by atoms with Crippen LogP contribution in [-0.2, 0) is 0 Å². The predicted octanol–water partition coefficient (Wildman–Crippen LogP) is 5.10. The molecule has 116 valence electrons. The average Bonchev–Trinajstić information content (AvgIpc) is 2.42. The molecule has 1 amide bonds. The van der Waals surface area contributed by atoms with Crippen LogP contribution in [0.1, 0.15) is 10.4 Å². The number of amides is 1. The quantitative estimate of drug-likeness (QED) is 0.771. The number of carbonyl (C=O) groups is 1. The molecule has 22 heavy (non-hydrogen) atoms. The second-order valence-electron chi connectivity index (χ2n) is 4.73. The molecule has 2 aromatic carbocycles. The summed E-state index contributed by atoms with van der Waals surface area (Å²) in [5.41, 5.74) is 1.13. The largest absolute Gasteiger partial charge is 0.375 e. The maximum Gasteiger partial charge on any atom is 0.257 e. The normalized spacial score (nSPS) is 10.5. The van der Waals surface area contributed by atoms with Gasteiger partial charge in [-0.15, -0.1) is 0 Å². The van der Waals surface area contributed by atoms with E-state index in [9.17, 15) is 9.18 Å². The van der Waals surface area contributed by atoms with E-state index in [0.29, 0.717) is 16.4 Å². The standard InChI is InChI=1S/C15H12Cl3FN2O/c1-21(2)14-9(16)4-3-5-13(14)20-15(22)8-6-12(19)11(18)7-10(8)17/h3-7H,1-2H3,(H,20,22). The van der Waals surface area contributed by atoms with Crippen LogP contribution in [-0.4, -0.2) is 20.0 Å². The van der Waals surface area contributed by atoms with Crippen LogP contribution in [0.4, 0.5) is 15.8 Å². The van der Waals surface area contributed by atoms with E-state index in [1.807, 2.05) is 0 Å². The molecular formula is C15H12Cl3FN2O. The summed E-state index contributed by atoms with van der Waals surface area (Å²) in [4.78, 5) is 14.1. The van der Waals surface area contributed by atoms with E-state index in [0.717, 1.165) is 6.07 Å². The van der Waals surface area contributed by atoms with Gasteiger partial charge < -0.3 is 10.2 Å². The first kappa shape index (κ1) is 16.9. The van der Waals surface area contributed by atoms with Crippen molar-refractivity contribution in [3.63, 3.8) is 0 Å². The van der Waals surface area contributed by atoms with Gasteiger partial charge in [-0.05, 0) is 24.3 Å². The van der Waals surface area contributed by atoms with E-state index in [4.69, 9.17) is 34.8 Å². The first-order valence-electron chi connectivity index (χ1n) is 6.23. The summed E-state index contributed by atoms with van der Waals surface area (Å²) < 4.78 is 13.5. The van der Waals surface area contributed by atoms with Gasteiger partial charge in [-0.1, -0.05) is 40.9 Å². The molecule has 1 N–H and O–H groups in total. The summed E-state index contributed by atoms with van der Waals surface area (Å²) in [7, 11) is 3.59. The van der Waals surface area contributed by atoms with E-state index in [2.05, 4.69) is 5.32 Å². The van der Waals surface area contributed by atoms with Crippen molar-refractivity contribution < 1.29 is 9.18 Å². The average molecular weight is 362 g/mol. The molecule has 2 rings (SSSR count). The van der Waals surface area contributed by atoms with Crippen molar-refractivity contribution in [3.05, 3.63) is 56.8 Å². The molecule has 0 atom stereocenters.